The summed E-state index contributed by atoms with van der Waals surface area (Å²) in [4.78, 5) is 50.1. The number of aryl methyl sites for hydroxylation is 2. The highest BCUT2D eigenvalue weighted by Crippen LogP contribution is 2.34. The van der Waals surface area contributed by atoms with Gasteiger partial charge in [-0.05, 0) is 122 Å². The predicted molar refractivity (Wildman–Crippen MR) is 233 cm³/mol. The fraction of sp³-hybridized carbons (Fsp3) is 0.410. The number of nitrogens with zero attached hydrogens (tertiary/aromatic N) is 7. The number of nitrogens with two attached hydrogens (primary N) is 1. The number of hydrogen-bond donors (Lipinski definition) is 7. The van der Waals surface area contributed by atoms with E-state index < -0.39 is 50.1 Å². The third-order valence-electron chi connectivity index (χ3n) is 8.81. The lowest BCUT2D eigenvalue weighted by Gasteiger charge is -2.19. The van der Waals surface area contributed by atoms with Gasteiger partial charge in [-0.1, -0.05) is 4.63 Å². The number of halogens is 1. The number of carbonyl (C=O) groups is 3. The number of aliphatic carboxylic acids is 2. The third-order valence-corrected chi connectivity index (χ3v) is 8.87. The van der Waals surface area contributed by atoms with Crippen molar-refractivity contribution in [1.82, 2.24) is 25.3 Å². The molecule has 2 aromatic carbocycles. The van der Waals surface area contributed by atoms with Crippen molar-refractivity contribution in [3.8, 4) is 35.3 Å². The van der Waals surface area contributed by atoms with Gasteiger partial charge in [-0.25, -0.2) is 14.8 Å². The SMILES string of the molecule is Cc1cc(Oc2ccnc(OCCCN)n2)cc2c1C(CC(=O)O)OB2O.Cc1cc(Oc2ccnc(OCCCNC(=O)OC(C)(C)C)n2)cc2c1C(CC(=O)O)OB2O.N=NN=NCl. The standard InChI is InChI=1S/C22H28BN3O8.C17H20BN3O6.ClHN4/c1-13-10-14(11-15-19(13)16(12-18(27)28)34-23(15)30)32-17-6-8-24-20(26-17)31-9-5-7-25-21(29)33-22(2,3)4;1-10-7-11(8-12-16(10)13(9-15(22)23)27-18(12)24)26-14-3-5-20-17(21-14)25-6-2-4-19;1-3-5-4-2/h6,8,10-11,16,30H,5,7,9,12H2,1-4H3,(H,25,29)(H,27,28);3,5,7-8,13,24H,2,4,6,9,19H2,1H3,(H,22,23);2H. The van der Waals surface area contributed by atoms with Gasteiger partial charge in [0.05, 0.1) is 50.0 Å². The molecule has 24 nitrogen and oxygen atoms in total. The molecule has 0 spiro atoms. The maximum absolute atomic E-state index is 11.6. The Balaban J connectivity index is 0.000000267. The second-order valence-electron chi connectivity index (χ2n) is 15.1. The first-order chi connectivity index (χ1) is 31.4. The Morgan fingerprint density at radius 1 is 0.833 bits per heavy atom. The molecule has 66 heavy (non-hydrogen) atoms. The first-order valence-corrected chi connectivity index (χ1v) is 20.5. The first-order valence-electron chi connectivity index (χ1n) is 20.1. The largest absolute Gasteiger partial charge is 0.492 e. The van der Waals surface area contributed by atoms with E-state index in [2.05, 4.69) is 52.1 Å². The highest BCUT2D eigenvalue weighted by molar-refractivity contribution is 6.62. The summed E-state index contributed by atoms with van der Waals surface area (Å²) in [7, 11) is -2.44. The van der Waals surface area contributed by atoms with Crippen LogP contribution in [0.1, 0.15) is 80.9 Å². The summed E-state index contributed by atoms with van der Waals surface area (Å²) in [5.41, 5.74) is 14.5. The van der Waals surface area contributed by atoms with Crippen molar-refractivity contribution in [3.63, 3.8) is 0 Å². The number of nitrogens with one attached hydrogen (secondary N) is 2. The summed E-state index contributed by atoms with van der Waals surface area (Å²) in [6, 6.07) is 10.1. The van der Waals surface area contributed by atoms with Crippen molar-refractivity contribution in [2.45, 2.75) is 78.1 Å². The summed E-state index contributed by atoms with van der Waals surface area (Å²) in [5.74, 6) is -0.659. The van der Waals surface area contributed by atoms with E-state index in [1.165, 1.54) is 12.4 Å². The van der Waals surface area contributed by atoms with Gasteiger partial charge in [0.15, 0.2) is 0 Å². The molecule has 2 aliphatic heterocycles. The molecule has 352 valence electrons. The summed E-state index contributed by atoms with van der Waals surface area (Å²) in [6.45, 7) is 10.5. The first kappa shape index (κ1) is 52.1. The van der Waals surface area contributed by atoms with Gasteiger partial charge in [0, 0.05) is 31.1 Å². The van der Waals surface area contributed by atoms with E-state index in [-0.39, 0.29) is 43.2 Å². The topological polar surface area (TPSA) is 347 Å². The van der Waals surface area contributed by atoms with E-state index in [0.29, 0.717) is 66.1 Å². The minimum Gasteiger partial charge on any atom is -0.481 e. The van der Waals surface area contributed by atoms with E-state index in [4.69, 9.17) is 54.5 Å². The quantitative estimate of drug-likeness (QED) is 0.0318. The van der Waals surface area contributed by atoms with Crippen LogP contribution in [0.2, 0.25) is 0 Å². The molecule has 1 amide bonds. The lowest BCUT2D eigenvalue weighted by Crippen LogP contribution is -2.33. The van der Waals surface area contributed by atoms with Gasteiger partial charge in [-0.3, -0.25) is 9.59 Å². The van der Waals surface area contributed by atoms with Crippen molar-refractivity contribution < 1.29 is 67.6 Å². The zero-order valence-corrected chi connectivity index (χ0v) is 37.3. The number of rotatable bonds is 18. The molecule has 0 saturated heterocycles. The molecule has 2 atom stereocenters. The van der Waals surface area contributed by atoms with Crippen LogP contribution in [0.5, 0.6) is 35.3 Å². The van der Waals surface area contributed by atoms with Gasteiger partial charge in [-0.15, -0.1) is 0 Å². The Kier molecular flexibility index (Phi) is 19.9. The van der Waals surface area contributed by atoms with E-state index in [1.807, 2.05) is 6.92 Å². The van der Waals surface area contributed by atoms with Crippen LogP contribution >= 0.6 is 11.8 Å². The molecule has 4 aromatic rings. The van der Waals surface area contributed by atoms with Crippen molar-refractivity contribution in [2.75, 3.05) is 26.3 Å². The number of amides is 1. The number of carboxylic acid groups (broad SMARTS) is 2. The second-order valence-corrected chi connectivity index (χ2v) is 15.2. The average Bonchev–Trinajstić information content (AvgIpc) is 3.71. The lowest BCUT2D eigenvalue weighted by molar-refractivity contribution is -0.140. The van der Waals surface area contributed by atoms with Gasteiger partial charge in [0.25, 0.3) is 0 Å². The number of alkyl carbamates (subject to hydrolysis) is 1. The Morgan fingerprint density at radius 2 is 1.30 bits per heavy atom. The highest BCUT2D eigenvalue weighted by Gasteiger charge is 2.39. The maximum atomic E-state index is 11.6. The van der Waals surface area contributed by atoms with Crippen LogP contribution in [-0.2, 0) is 23.6 Å². The fourth-order valence-corrected chi connectivity index (χ4v) is 6.38. The van der Waals surface area contributed by atoms with Crippen LogP contribution in [0, 0.1) is 19.4 Å². The van der Waals surface area contributed by atoms with E-state index in [1.54, 1.807) is 64.1 Å². The lowest BCUT2D eigenvalue weighted by atomic mass is 9.77. The minimum absolute atomic E-state index is 0.109. The van der Waals surface area contributed by atoms with Gasteiger partial charge in [-0.2, -0.15) is 15.5 Å². The maximum Gasteiger partial charge on any atom is 0.492 e. The van der Waals surface area contributed by atoms with E-state index >= 15 is 0 Å². The molecule has 2 unspecified atom stereocenters. The number of benzene rings is 2. The molecular formula is C39H49B2ClN10O14. The van der Waals surface area contributed by atoms with Crippen LogP contribution in [0.15, 0.2) is 63.9 Å². The Hall–Kier alpha value is -6.57. The molecule has 8 N–H and O–H groups in total. The van der Waals surface area contributed by atoms with Gasteiger partial charge in [0.2, 0.25) is 11.8 Å². The number of hydrogen-bond acceptors (Lipinski definition) is 19. The molecule has 6 rings (SSSR count). The monoisotopic (exact) mass is 938 g/mol. The summed E-state index contributed by atoms with van der Waals surface area (Å²) < 4.78 is 41.0. The summed E-state index contributed by atoms with van der Waals surface area (Å²) in [6.07, 6.45) is 1.84. The second kappa shape index (κ2) is 25.2. The molecule has 27 heteroatoms. The van der Waals surface area contributed by atoms with Gasteiger partial charge < -0.3 is 64.3 Å². The van der Waals surface area contributed by atoms with Crippen LogP contribution in [0.4, 0.5) is 4.79 Å². The van der Waals surface area contributed by atoms with Crippen molar-refractivity contribution in [3.05, 3.63) is 71.0 Å². The Morgan fingerprint density at radius 3 is 1.70 bits per heavy atom. The number of carboxylic acids is 2. The molecular weight excluding hydrogens is 890 g/mol. The molecule has 0 aliphatic carbocycles. The predicted octanol–water partition coefficient (Wildman–Crippen LogP) is 4.18. The number of carbonyl (C=O) groups excluding carboxylic acids is 1. The number of aromatic nitrogens is 4. The average molecular weight is 939 g/mol. The van der Waals surface area contributed by atoms with Crippen LogP contribution in [-0.4, -0.2) is 104 Å². The molecule has 0 radical (unpaired) electrons. The van der Waals surface area contributed by atoms with E-state index in [9.17, 15) is 24.4 Å². The van der Waals surface area contributed by atoms with Crippen molar-refractivity contribution in [1.29, 1.82) is 5.53 Å². The molecule has 0 fully saturated rings. The minimum atomic E-state index is -1.24. The Bertz CT molecular complexity index is 2330. The zero-order chi connectivity index (χ0) is 48.4. The molecule has 2 aromatic heterocycles. The molecule has 0 bridgehead atoms. The third kappa shape index (κ3) is 16.5. The fourth-order valence-electron chi connectivity index (χ4n) is 6.35. The number of fused-ring (bicyclic) bond motifs is 2. The smallest absolute Gasteiger partial charge is 0.481 e. The van der Waals surface area contributed by atoms with Crippen molar-refractivity contribution in [2.24, 2.45) is 20.8 Å². The molecule has 0 saturated carbocycles. The van der Waals surface area contributed by atoms with E-state index in [0.717, 1.165) is 11.1 Å². The zero-order valence-electron chi connectivity index (χ0n) is 36.5. The van der Waals surface area contributed by atoms with Gasteiger partial charge >= 0.3 is 44.3 Å². The normalized spacial score (nSPS) is 14.7. The van der Waals surface area contributed by atoms with Crippen LogP contribution in [0.3, 0.4) is 0 Å². The molecule has 2 aliphatic rings. The highest BCUT2D eigenvalue weighted by atomic mass is 35.5. The Labute approximate surface area is 384 Å². The number of ether oxygens (including phenoxy) is 5. The van der Waals surface area contributed by atoms with Gasteiger partial charge in [0.1, 0.15) is 17.1 Å². The van der Waals surface area contributed by atoms with Crippen molar-refractivity contribution >= 4 is 55.0 Å². The van der Waals surface area contributed by atoms with Crippen LogP contribution in [0.25, 0.3) is 0 Å². The van der Waals surface area contributed by atoms with Crippen LogP contribution < -0.4 is 40.9 Å². The summed E-state index contributed by atoms with van der Waals surface area (Å²) in [5, 5.41) is 46.1. The summed E-state index contributed by atoms with van der Waals surface area (Å²) >= 11 is 4.55. The molecule has 4 heterocycles.